The molecule has 120 valence electrons. The number of piperidine rings is 1. The summed E-state index contributed by atoms with van der Waals surface area (Å²) in [6.07, 6.45) is 1.59. The minimum atomic E-state index is -0.831. The first kappa shape index (κ1) is 16.6. The highest BCUT2D eigenvalue weighted by Crippen LogP contribution is 2.24. The molecule has 1 aromatic rings. The highest BCUT2D eigenvalue weighted by Gasteiger charge is 2.34. The van der Waals surface area contributed by atoms with Gasteiger partial charge in [-0.3, -0.25) is 9.59 Å². The summed E-state index contributed by atoms with van der Waals surface area (Å²) in [7, 11) is 0. The highest BCUT2D eigenvalue weighted by molar-refractivity contribution is 6.30. The van der Waals surface area contributed by atoms with Crippen LogP contribution in [0.5, 0.6) is 5.75 Å². The Kier molecular flexibility index (Phi) is 5.66. The van der Waals surface area contributed by atoms with Crippen LogP contribution in [-0.4, -0.2) is 41.1 Å². The third kappa shape index (κ3) is 4.13. The maximum absolute atomic E-state index is 12.3. The highest BCUT2D eigenvalue weighted by atomic mass is 35.5. The first-order chi connectivity index (χ1) is 10.5. The number of carboxylic acid groups (broad SMARTS) is 1. The van der Waals surface area contributed by atoms with Crippen molar-refractivity contribution in [3.05, 3.63) is 29.3 Å². The number of hydrogen-bond donors (Lipinski definition) is 1. The minimum Gasteiger partial charge on any atom is -0.493 e. The maximum atomic E-state index is 12.3. The molecule has 1 aliphatic rings. The fourth-order valence-electron chi connectivity index (χ4n) is 2.76. The lowest BCUT2D eigenvalue weighted by Gasteiger charge is -2.37. The van der Waals surface area contributed by atoms with Crippen molar-refractivity contribution in [3.8, 4) is 5.75 Å². The molecule has 0 unspecified atom stereocenters. The fourth-order valence-corrected chi connectivity index (χ4v) is 2.88. The zero-order chi connectivity index (χ0) is 16.1. The lowest BCUT2D eigenvalue weighted by molar-refractivity contribution is -0.149. The van der Waals surface area contributed by atoms with Gasteiger partial charge in [0.1, 0.15) is 5.75 Å². The van der Waals surface area contributed by atoms with Crippen LogP contribution >= 0.6 is 11.6 Å². The van der Waals surface area contributed by atoms with E-state index in [4.69, 9.17) is 16.3 Å². The van der Waals surface area contributed by atoms with Crippen LogP contribution in [0.25, 0.3) is 0 Å². The Labute approximate surface area is 134 Å². The number of likely N-dealkylation sites (tertiary alicyclic amines) is 1. The fraction of sp³-hybridized carbons (Fsp3) is 0.500. The van der Waals surface area contributed by atoms with E-state index in [1.807, 2.05) is 0 Å². The number of aliphatic carboxylic acids is 1. The molecule has 0 spiro atoms. The standard InChI is InChI=1S/C16H20ClNO4/c1-11-14(16(20)21)3-2-9-18(11)15(19)8-10-22-13-6-4-12(17)5-7-13/h4-7,11,14H,2-3,8-10H2,1H3,(H,20,21)/t11-,14-/m1/s1. The second-order valence-electron chi connectivity index (χ2n) is 5.47. The molecule has 1 fully saturated rings. The van der Waals surface area contributed by atoms with Crippen LogP contribution in [0.3, 0.4) is 0 Å². The van der Waals surface area contributed by atoms with Gasteiger partial charge in [0.15, 0.2) is 0 Å². The summed E-state index contributed by atoms with van der Waals surface area (Å²) >= 11 is 5.79. The summed E-state index contributed by atoms with van der Waals surface area (Å²) in [4.78, 5) is 25.1. The normalized spacial score (nSPS) is 21.5. The van der Waals surface area contributed by atoms with Crippen LogP contribution in [0.1, 0.15) is 26.2 Å². The SMILES string of the molecule is C[C@@H]1[C@H](C(=O)O)CCCN1C(=O)CCOc1ccc(Cl)cc1. The number of halogens is 1. The number of carbonyl (C=O) groups excluding carboxylic acids is 1. The second kappa shape index (κ2) is 7.49. The molecule has 2 rings (SSSR count). The van der Waals surface area contributed by atoms with E-state index in [0.717, 1.165) is 6.42 Å². The number of carboxylic acids is 1. The monoisotopic (exact) mass is 325 g/mol. The van der Waals surface area contributed by atoms with Crippen molar-refractivity contribution in [1.29, 1.82) is 0 Å². The summed E-state index contributed by atoms with van der Waals surface area (Å²) < 4.78 is 5.51. The van der Waals surface area contributed by atoms with Gasteiger partial charge in [0.05, 0.1) is 18.9 Å². The van der Waals surface area contributed by atoms with E-state index in [9.17, 15) is 14.7 Å². The third-order valence-corrected chi connectivity index (χ3v) is 4.28. The van der Waals surface area contributed by atoms with E-state index in [1.54, 1.807) is 36.1 Å². The van der Waals surface area contributed by atoms with E-state index in [1.165, 1.54) is 0 Å². The number of rotatable bonds is 5. The summed E-state index contributed by atoms with van der Waals surface area (Å²) in [5, 5.41) is 9.81. The molecular weight excluding hydrogens is 306 g/mol. The van der Waals surface area contributed by atoms with Crippen molar-refractivity contribution < 1.29 is 19.4 Å². The predicted octanol–water partition coefficient (Wildman–Crippen LogP) is 2.82. The average Bonchev–Trinajstić information content (AvgIpc) is 2.49. The first-order valence-electron chi connectivity index (χ1n) is 7.39. The first-order valence-corrected chi connectivity index (χ1v) is 7.77. The summed E-state index contributed by atoms with van der Waals surface area (Å²) in [5.41, 5.74) is 0. The molecule has 2 atom stereocenters. The molecule has 5 nitrogen and oxygen atoms in total. The molecule has 0 bridgehead atoms. The van der Waals surface area contributed by atoms with Gasteiger partial charge in [0.25, 0.3) is 0 Å². The molecule has 1 aromatic carbocycles. The number of amides is 1. The summed E-state index contributed by atoms with van der Waals surface area (Å²) in [6, 6.07) is 6.67. The molecule has 1 amide bonds. The summed E-state index contributed by atoms with van der Waals surface area (Å²) in [5.74, 6) is -0.711. The van der Waals surface area contributed by atoms with E-state index < -0.39 is 11.9 Å². The molecule has 1 saturated heterocycles. The van der Waals surface area contributed by atoms with E-state index in [0.29, 0.717) is 23.7 Å². The molecule has 0 aliphatic carbocycles. The van der Waals surface area contributed by atoms with Gasteiger partial charge in [-0.25, -0.2) is 0 Å². The molecule has 1 heterocycles. The van der Waals surface area contributed by atoms with Gasteiger partial charge >= 0.3 is 5.97 Å². The van der Waals surface area contributed by atoms with Gasteiger partial charge in [-0.2, -0.15) is 0 Å². The Hall–Kier alpha value is -1.75. The zero-order valence-electron chi connectivity index (χ0n) is 12.5. The van der Waals surface area contributed by atoms with E-state index in [2.05, 4.69) is 0 Å². The van der Waals surface area contributed by atoms with Crippen molar-refractivity contribution >= 4 is 23.5 Å². The number of hydrogen-bond acceptors (Lipinski definition) is 3. The smallest absolute Gasteiger partial charge is 0.308 e. The van der Waals surface area contributed by atoms with E-state index >= 15 is 0 Å². The van der Waals surface area contributed by atoms with Gasteiger partial charge < -0.3 is 14.7 Å². The molecule has 22 heavy (non-hydrogen) atoms. The van der Waals surface area contributed by atoms with Gasteiger partial charge in [-0.05, 0) is 44.0 Å². The molecule has 6 heteroatoms. The van der Waals surface area contributed by atoms with Crippen LogP contribution in [0.4, 0.5) is 0 Å². The molecule has 0 saturated carbocycles. The van der Waals surface area contributed by atoms with Gasteiger partial charge in [0.2, 0.25) is 5.91 Å². The molecule has 0 aromatic heterocycles. The Morgan fingerprint density at radius 1 is 1.36 bits per heavy atom. The van der Waals surface area contributed by atoms with Crippen molar-refractivity contribution in [1.82, 2.24) is 4.90 Å². The van der Waals surface area contributed by atoms with Crippen LogP contribution in [0.2, 0.25) is 5.02 Å². The van der Waals surface area contributed by atoms with E-state index in [-0.39, 0.29) is 25.0 Å². The Morgan fingerprint density at radius 3 is 2.68 bits per heavy atom. The van der Waals surface area contributed by atoms with Crippen LogP contribution in [0, 0.1) is 5.92 Å². The predicted molar refractivity (Wildman–Crippen MR) is 83.1 cm³/mol. The molecule has 0 radical (unpaired) electrons. The number of benzene rings is 1. The average molecular weight is 326 g/mol. The molecule has 1 aliphatic heterocycles. The maximum Gasteiger partial charge on any atom is 0.308 e. The van der Waals surface area contributed by atoms with Crippen LogP contribution < -0.4 is 4.74 Å². The lowest BCUT2D eigenvalue weighted by Crippen LogP contribution is -2.49. The van der Waals surface area contributed by atoms with Gasteiger partial charge in [-0.1, -0.05) is 11.6 Å². The van der Waals surface area contributed by atoms with Crippen molar-refractivity contribution in [2.75, 3.05) is 13.2 Å². The zero-order valence-corrected chi connectivity index (χ0v) is 13.3. The quantitative estimate of drug-likeness (QED) is 0.904. The van der Waals surface area contributed by atoms with Gasteiger partial charge in [0, 0.05) is 17.6 Å². The Bertz CT molecular complexity index is 531. The topological polar surface area (TPSA) is 66.8 Å². The Balaban J connectivity index is 1.83. The van der Waals surface area contributed by atoms with Crippen molar-refractivity contribution in [2.45, 2.75) is 32.2 Å². The van der Waals surface area contributed by atoms with Crippen molar-refractivity contribution in [3.63, 3.8) is 0 Å². The molecular formula is C16H20ClNO4. The largest absolute Gasteiger partial charge is 0.493 e. The second-order valence-corrected chi connectivity index (χ2v) is 5.90. The summed E-state index contributed by atoms with van der Waals surface area (Å²) in [6.45, 7) is 2.68. The van der Waals surface area contributed by atoms with Gasteiger partial charge in [-0.15, -0.1) is 0 Å². The third-order valence-electron chi connectivity index (χ3n) is 4.02. The van der Waals surface area contributed by atoms with Crippen molar-refractivity contribution in [2.24, 2.45) is 5.92 Å². The lowest BCUT2D eigenvalue weighted by atomic mass is 9.90. The number of nitrogens with zero attached hydrogens (tertiary/aromatic N) is 1. The molecule has 1 N–H and O–H groups in total. The minimum absolute atomic E-state index is 0.0626. The number of ether oxygens (including phenoxy) is 1. The van der Waals surface area contributed by atoms with Crippen LogP contribution in [0.15, 0.2) is 24.3 Å². The van der Waals surface area contributed by atoms with Crippen LogP contribution in [-0.2, 0) is 9.59 Å². The Morgan fingerprint density at radius 2 is 2.05 bits per heavy atom. The number of carbonyl (C=O) groups is 2.